The molecule has 2 N–H and O–H groups in total. The smallest absolute Gasteiger partial charge is 0.315 e. The first-order valence-corrected chi connectivity index (χ1v) is 8.61. The number of benzene rings is 1. The standard InChI is InChI=1S/C18H22N6O/c1-3-16-22-17-15(8-5-9-24(17)23-16)21-18(25)20-12(2)14-7-4-6-13(10-14)11-19/h4,6-7,10,12,15H,3,5,8-9H2,1-2H3,(H2,20,21,25)/t12-,15-/m1/s1. The van der Waals surface area contributed by atoms with E-state index in [0.29, 0.717) is 5.56 Å². The Labute approximate surface area is 147 Å². The summed E-state index contributed by atoms with van der Waals surface area (Å²) in [4.78, 5) is 16.9. The molecule has 130 valence electrons. The minimum atomic E-state index is -0.241. The Morgan fingerprint density at radius 1 is 1.52 bits per heavy atom. The Hall–Kier alpha value is -2.88. The number of carbonyl (C=O) groups is 1. The lowest BCUT2D eigenvalue weighted by molar-refractivity contribution is 0.230. The van der Waals surface area contributed by atoms with E-state index in [9.17, 15) is 4.79 Å². The number of amides is 2. The summed E-state index contributed by atoms with van der Waals surface area (Å²) < 4.78 is 1.90. The number of aromatic nitrogens is 3. The molecule has 0 radical (unpaired) electrons. The summed E-state index contributed by atoms with van der Waals surface area (Å²) in [5, 5.41) is 19.4. The van der Waals surface area contributed by atoms with E-state index in [0.717, 1.165) is 43.0 Å². The second-order valence-electron chi connectivity index (χ2n) is 6.23. The number of hydrogen-bond donors (Lipinski definition) is 2. The van der Waals surface area contributed by atoms with Crippen molar-refractivity contribution in [3.05, 3.63) is 47.0 Å². The molecule has 1 aromatic heterocycles. The third-order valence-corrected chi connectivity index (χ3v) is 4.40. The van der Waals surface area contributed by atoms with Crippen molar-refractivity contribution in [2.75, 3.05) is 0 Å². The number of nitrogens with one attached hydrogen (secondary N) is 2. The summed E-state index contributed by atoms with van der Waals surface area (Å²) in [6, 6.07) is 8.81. The van der Waals surface area contributed by atoms with Gasteiger partial charge in [0.15, 0.2) is 5.82 Å². The van der Waals surface area contributed by atoms with Crippen LogP contribution in [0.1, 0.15) is 61.5 Å². The number of hydrogen-bond acceptors (Lipinski definition) is 4. The van der Waals surface area contributed by atoms with Gasteiger partial charge in [-0.25, -0.2) is 14.5 Å². The molecular formula is C18H22N6O. The molecule has 1 aliphatic rings. The Morgan fingerprint density at radius 3 is 3.12 bits per heavy atom. The highest BCUT2D eigenvalue weighted by molar-refractivity contribution is 5.74. The molecule has 25 heavy (non-hydrogen) atoms. The van der Waals surface area contributed by atoms with Crippen LogP contribution in [-0.4, -0.2) is 20.8 Å². The van der Waals surface area contributed by atoms with Crippen molar-refractivity contribution in [1.29, 1.82) is 5.26 Å². The molecule has 0 saturated carbocycles. The fourth-order valence-corrected chi connectivity index (χ4v) is 3.04. The maximum absolute atomic E-state index is 12.4. The molecule has 0 aliphatic carbocycles. The molecule has 0 fully saturated rings. The SMILES string of the molecule is CCc1nc2n(n1)CCC[C@H]2NC(=O)N[C@H](C)c1cccc(C#N)c1. The van der Waals surface area contributed by atoms with Gasteiger partial charge in [0.2, 0.25) is 0 Å². The molecule has 2 aromatic rings. The number of fused-ring (bicyclic) bond motifs is 1. The van der Waals surface area contributed by atoms with Gasteiger partial charge in [0, 0.05) is 13.0 Å². The molecule has 2 atom stereocenters. The molecule has 7 nitrogen and oxygen atoms in total. The van der Waals surface area contributed by atoms with Crippen LogP contribution in [0.25, 0.3) is 0 Å². The molecule has 2 amide bonds. The largest absolute Gasteiger partial charge is 0.332 e. The average molecular weight is 338 g/mol. The molecule has 1 aliphatic heterocycles. The quantitative estimate of drug-likeness (QED) is 0.895. The van der Waals surface area contributed by atoms with E-state index in [-0.39, 0.29) is 18.1 Å². The normalized spacial score (nSPS) is 17.2. The van der Waals surface area contributed by atoms with Gasteiger partial charge in [0.1, 0.15) is 5.82 Å². The van der Waals surface area contributed by atoms with E-state index in [4.69, 9.17) is 5.26 Å². The fraction of sp³-hybridized carbons (Fsp3) is 0.444. The van der Waals surface area contributed by atoms with Crippen LogP contribution in [0.15, 0.2) is 24.3 Å². The van der Waals surface area contributed by atoms with Crippen LogP contribution in [0.3, 0.4) is 0 Å². The third kappa shape index (κ3) is 3.79. The molecule has 3 rings (SSSR count). The van der Waals surface area contributed by atoms with E-state index in [1.807, 2.05) is 30.7 Å². The van der Waals surface area contributed by atoms with Gasteiger partial charge in [0.25, 0.3) is 0 Å². The minimum Gasteiger partial charge on any atom is -0.332 e. The summed E-state index contributed by atoms with van der Waals surface area (Å²) in [6.07, 6.45) is 2.60. The van der Waals surface area contributed by atoms with Crippen LogP contribution < -0.4 is 10.6 Å². The maximum Gasteiger partial charge on any atom is 0.315 e. The van der Waals surface area contributed by atoms with Crippen LogP contribution >= 0.6 is 0 Å². The monoisotopic (exact) mass is 338 g/mol. The van der Waals surface area contributed by atoms with Crippen LogP contribution in [0.2, 0.25) is 0 Å². The summed E-state index contributed by atoms with van der Waals surface area (Å²) >= 11 is 0. The van der Waals surface area contributed by atoms with Crippen LogP contribution in [0, 0.1) is 11.3 Å². The van der Waals surface area contributed by atoms with Crippen molar-refractivity contribution in [3.63, 3.8) is 0 Å². The molecule has 0 saturated heterocycles. The molecule has 2 heterocycles. The van der Waals surface area contributed by atoms with Crippen LogP contribution in [0.5, 0.6) is 0 Å². The van der Waals surface area contributed by atoms with Gasteiger partial charge in [0.05, 0.1) is 23.7 Å². The Bertz CT molecular complexity index is 806. The minimum absolute atomic E-state index is 0.126. The van der Waals surface area contributed by atoms with E-state index >= 15 is 0 Å². The summed E-state index contributed by atoms with van der Waals surface area (Å²) in [5.74, 6) is 1.64. The lowest BCUT2D eigenvalue weighted by Gasteiger charge is -2.24. The van der Waals surface area contributed by atoms with Crippen LogP contribution in [0.4, 0.5) is 4.79 Å². The van der Waals surface area contributed by atoms with E-state index in [1.165, 1.54) is 0 Å². The molecular weight excluding hydrogens is 316 g/mol. The van der Waals surface area contributed by atoms with E-state index in [1.54, 1.807) is 12.1 Å². The van der Waals surface area contributed by atoms with Crippen molar-refractivity contribution in [2.45, 2.75) is 51.7 Å². The number of nitriles is 1. The van der Waals surface area contributed by atoms with Crippen molar-refractivity contribution in [1.82, 2.24) is 25.4 Å². The second-order valence-corrected chi connectivity index (χ2v) is 6.23. The Morgan fingerprint density at radius 2 is 2.36 bits per heavy atom. The van der Waals surface area contributed by atoms with Gasteiger partial charge in [-0.05, 0) is 37.5 Å². The predicted octanol–water partition coefficient (Wildman–Crippen LogP) is 2.61. The van der Waals surface area contributed by atoms with Gasteiger partial charge in [-0.15, -0.1) is 0 Å². The van der Waals surface area contributed by atoms with Gasteiger partial charge < -0.3 is 10.6 Å². The Balaban J connectivity index is 1.65. The maximum atomic E-state index is 12.4. The van der Waals surface area contributed by atoms with E-state index < -0.39 is 0 Å². The highest BCUT2D eigenvalue weighted by atomic mass is 16.2. The Kier molecular flexibility index (Phi) is 4.98. The number of rotatable bonds is 4. The zero-order chi connectivity index (χ0) is 17.8. The fourth-order valence-electron chi connectivity index (χ4n) is 3.04. The van der Waals surface area contributed by atoms with Crippen molar-refractivity contribution >= 4 is 6.03 Å². The van der Waals surface area contributed by atoms with Crippen molar-refractivity contribution in [3.8, 4) is 6.07 Å². The number of urea groups is 1. The third-order valence-electron chi connectivity index (χ3n) is 4.40. The van der Waals surface area contributed by atoms with Crippen molar-refractivity contribution in [2.24, 2.45) is 0 Å². The highest BCUT2D eigenvalue weighted by Crippen LogP contribution is 2.23. The molecule has 7 heteroatoms. The number of carbonyl (C=O) groups excluding carboxylic acids is 1. The van der Waals surface area contributed by atoms with Gasteiger partial charge in [-0.2, -0.15) is 10.4 Å². The first-order chi connectivity index (χ1) is 12.1. The van der Waals surface area contributed by atoms with Crippen LogP contribution in [-0.2, 0) is 13.0 Å². The summed E-state index contributed by atoms with van der Waals surface area (Å²) in [6.45, 7) is 4.77. The number of aryl methyl sites for hydroxylation is 2. The predicted molar refractivity (Wildman–Crippen MR) is 92.6 cm³/mol. The molecule has 0 spiro atoms. The van der Waals surface area contributed by atoms with Crippen molar-refractivity contribution < 1.29 is 4.79 Å². The molecule has 0 unspecified atom stereocenters. The first kappa shape index (κ1) is 17.0. The molecule has 1 aromatic carbocycles. The van der Waals surface area contributed by atoms with E-state index in [2.05, 4.69) is 26.8 Å². The average Bonchev–Trinajstić information content (AvgIpc) is 3.06. The number of nitrogens with zero attached hydrogens (tertiary/aromatic N) is 4. The second kappa shape index (κ2) is 7.34. The topological polar surface area (TPSA) is 95.6 Å². The zero-order valence-electron chi connectivity index (χ0n) is 14.5. The lowest BCUT2D eigenvalue weighted by atomic mass is 10.1. The summed E-state index contributed by atoms with van der Waals surface area (Å²) in [5.41, 5.74) is 1.48. The van der Waals surface area contributed by atoms with Gasteiger partial charge in [-0.3, -0.25) is 0 Å². The van der Waals surface area contributed by atoms with Gasteiger partial charge >= 0.3 is 6.03 Å². The highest BCUT2D eigenvalue weighted by Gasteiger charge is 2.25. The summed E-state index contributed by atoms with van der Waals surface area (Å²) in [7, 11) is 0. The molecule has 0 bridgehead atoms. The lowest BCUT2D eigenvalue weighted by Crippen LogP contribution is -2.41. The first-order valence-electron chi connectivity index (χ1n) is 8.61. The zero-order valence-corrected chi connectivity index (χ0v) is 14.5. The van der Waals surface area contributed by atoms with Gasteiger partial charge in [-0.1, -0.05) is 19.1 Å².